The van der Waals surface area contributed by atoms with Crippen molar-refractivity contribution in [3.63, 3.8) is 0 Å². The molecule has 0 spiro atoms. The molecule has 5 unspecified atom stereocenters. The Morgan fingerprint density at radius 2 is 0.509 bits per heavy atom. The lowest BCUT2D eigenvalue weighted by atomic mass is 10.0. The minimum absolute atomic E-state index is 0.0238. The minimum Gasteiger partial charge on any atom is -0.462 e. The Kier molecular flexibility index (Phi) is 73.5. The Hall–Kier alpha value is -5.58. The normalized spacial score (nSPS) is 14.7. The van der Waals surface area contributed by atoms with Crippen molar-refractivity contribution in [1.29, 1.82) is 0 Å². The highest BCUT2D eigenvalue weighted by molar-refractivity contribution is 7.47. The Bertz CT molecular complexity index is 2680. The number of phosphoric ester groups is 2. The van der Waals surface area contributed by atoms with Gasteiger partial charge >= 0.3 is 39.5 Å². The Balaban J connectivity index is 5.50. The van der Waals surface area contributed by atoms with Crippen molar-refractivity contribution in [3.8, 4) is 0 Å². The van der Waals surface area contributed by atoms with Gasteiger partial charge in [-0.15, -0.1) is 0 Å². The van der Waals surface area contributed by atoms with Crippen LogP contribution in [-0.2, 0) is 65.4 Å². The molecule has 0 fully saturated rings. The molecule has 3 N–H and O–H groups in total. The van der Waals surface area contributed by atoms with Gasteiger partial charge in [0, 0.05) is 25.7 Å². The SMILES string of the molecule is CC/C=C\C/C=C\C/C=C\C/C=C\C/C=C\C/C=C\CCC(=O)OCC(COP(=O)(O)OCC(O)COP(=O)(O)OCC(COC(=O)CCCC/C=C\C/C=C\C/C=C\C/C=C\CC)OC(=O)CCCCCCCCCCCCCCCCC)OC(=O)CCCCCC/C=C\C/C=C\C/C=C\C/C=C\CC. The Labute approximate surface area is 642 Å². The first-order chi connectivity index (χ1) is 51.7. The lowest BCUT2D eigenvalue weighted by Gasteiger charge is -2.21. The van der Waals surface area contributed by atoms with Crippen LogP contribution in [0, 0.1) is 0 Å². The highest BCUT2D eigenvalue weighted by Crippen LogP contribution is 2.45. The quantitative estimate of drug-likeness (QED) is 0.0169. The van der Waals surface area contributed by atoms with Crippen LogP contribution in [0.15, 0.2) is 170 Å². The lowest BCUT2D eigenvalue weighted by molar-refractivity contribution is -0.161. The summed E-state index contributed by atoms with van der Waals surface area (Å²) in [5.74, 6) is -2.35. The average molecular weight is 1520 g/mol. The number of hydrogen-bond donors (Lipinski definition) is 3. The van der Waals surface area contributed by atoms with Crippen molar-refractivity contribution < 1.29 is 80.2 Å². The van der Waals surface area contributed by atoms with E-state index in [9.17, 15) is 43.2 Å². The first kappa shape index (κ1) is 100. The van der Waals surface area contributed by atoms with Gasteiger partial charge in [0.1, 0.15) is 19.3 Å². The largest absolute Gasteiger partial charge is 0.472 e. The first-order valence-corrected chi connectivity index (χ1v) is 43.4. The van der Waals surface area contributed by atoms with E-state index in [2.05, 4.69) is 180 Å². The molecule has 0 heterocycles. The predicted molar refractivity (Wildman–Crippen MR) is 436 cm³/mol. The highest BCUT2D eigenvalue weighted by atomic mass is 31.2. The summed E-state index contributed by atoms with van der Waals surface area (Å²) in [5, 5.41) is 10.6. The second-order valence-corrected chi connectivity index (χ2v) is 29.1. The van der Waals surface area contributed by atoms with Gasteiger partial charge in [-0.1, -0.05) is 301 Å². The zero-order valence-electron chi connectivity index (χ0n) is 65.8. The van der Waals surface area contributed by atoms with E-state index in [4.69, 9.17) is 37.0 Å². The molecule has 0 aliphatic rings. The highest BCUT2D eigenvalue weighted by Gasteiger charge is 2.30. The van der Waals surface area contributed by atoms with E-state index < -0.39 is 97.5 Å². The van der Waals surface area contributed by atoms with Crippen molar-refractivity contribution in [2.24, 2.45) is 0 Å². The fraction of sp³-hybridized carbons (Fsp3) is 0.632. The molecule has 0 aliphatic heterocycles. The summed E-state index contributed by atoms with van der Waals surface area (Å²) >= 11 is 0. The first-order valence-electron chi connectivity index (χ1n) is 40.4. The summed E-state index contributed by atoms with van der Waals surface area (Å²) in [4.78, 5) is 73.0. The zero-order chi connectivity index (χ0) is 77.4. The molecular weight excluding hydrogens is 1380 g/mol. The van der Waals surface area contributed by atoms with Gasteiger partial charge in [-0.25, -0.2) is 9.13 Å². The van der Waals surface area contributed by atoms with Crippen LogP contribution in [0.2, 0.25) is 0 Å². The zero-order valence-corrected chi connectivity index (χ0v) is 67.6. The Morgan fingerprint density at radius 1 is 0.274 bits per heavy atom. The van der Waals surface area contributed by atoms with E-state index in [0.717, 1.165) is 148 Å². The van der Waals surface area contributed by atoms with Crippen LogP contribution in [0.25, 0.3) is 0 Å². The summed E-state index contributed by atoms with van der Waals surface area (Å²) in [6.45, 7) is 4.37. The van der Waals surface area contributed by atoms with Crippen LogP contribution < -0.4 is 0 Å². The van der Waals surface area contributed by atoms with Gasteiger partial charge < -0.3 is 33.8 Å². The Morgan fingerprint density at radius 3 is 0.830 bits per heavy atom. The maximum atomic E-state index is 13.1. The number of hydrogen-bond acceptors (Lipinski definition) is 15. The topological polar surface area (TPSA) is 237 Å². The number of aliphatic hydroxyl groups excluding tert-OH is 1. The fourth-order valence-corrected chi connectivity index (χ4v) is 11.7. The third-order valence-corrected chi connectivity index (χ3v) is 18.1. The molecule has 0 amide bonds. The molecule has 0 aromatic rings. The smallest absolute Gasteiger partial charge is 0.462 e. The molecule has 0 rings (SSSR count). The summed E-state index contributed by atoms with van der Waals surface area (Å²) in [6.07, 6.45) is 92.1. The molecule has 0 saturated carbocycles. The molecule has 0 saturated heterocycles. The van der Waals surface area contributed by atoms with E-state index >= 15 is 0 Å². The summed E-state index contributed by atoms with van der Waals surface area (Å²) in [7, 11) is -10.0. The predicted octanol–water partition coefficient (Wildman–Crippen LogP) is 23.8. The molecule has 0 aliphatic carbocycles. The average Bonchev–Trinajstić information content (AvgIpc) is 0.902. The number of esters is 4. The van der Waals surface area contributed by atoms with E-state index in [0.29, 0.717) is 32.1 Å². The van der Waals surface area contributed by atoms with E-state index in [1.54, 1.807) is 0 Å². The summed E-state index contributed by atoms with van der Waals surface area (Å²) in [6, 6.07) is 0. The van der Waals surface area contributed by atoms with Gasteiger partial charge in [0.2, 0.25) is 0 Å². The molecule has 0 bridgehead atoms. The second kappa shape index (κ2) is 77.6. The number of carbonyl (C=O) groups excluding carboxylic acids is 4. The van der Waals surface area contributed by atoms with Crippen molar-refractivity contribution in [2.45, 2.75) is 316 Å². The van der Waals surface area contributed by atoms with E-state index in [1.807, 2.05) is 18.2 Å². The number of aliphatic hydroxyl groups is 1. The number of rotatable bonds is 74. The van der Waals surface area contributed by atoms with Gasteiger partial charge in [-0.2, -0.15) is 0 Å². The van der Waals surface area contributed by atoms with Crippen LogP contribution in [-0.4, -0.2) is 96.7 Å². The van der Waals surface area contributed by atoms with Crippen LogP contribution in [0.4, 0.5) is 0 Å². The molecule has 602 valence electrons. The van der Waals surface area contributed by atoms with Gasteiger partial charge in [0.05, 0.1) is 26.4 Å². The molecular formula is C87H142O17P2. The lowest BCUT2D eigenvalue weighted by Crippen LogP contribution is -2.30. The molecule has 0 aromatic heterocycles. The van der Waals surface area contributed by atoms with Crippen LogP contribution >= 0.6 is 15.6 Å². The third-order valence-electron chi connectivity index (χ3n) is 16.2. The maximum absolute atomic E-state index is 13.1. The standard InChI is InChI=1S/C87H142O17P2/c1-5-9-13-17-21-25-29-33-37-39-40-42-45-48-52-56-60-64-68-72-85(90)98-78-83(104-87(92)74-70-66-62-58-54-50-46-41-38-34-30-26-22-18-14-10-6-2)80-102-106(95,96)100-76-81(88)75-99-105(93,94)101-79-82(103-86(91)73-69-65-61-57-53-49-44-36-32-28-24-20-16-12-8-4)77-97-84(89)71-67-63-59-55-51-47-43-35-31-27-23-19-15-11-7-3/h9-11,13-15,21-23,25-27,33-35,37-38,40,42-43,46,48,50-52,55,60,64,81-83,88H,5-8,12,16-20,24,28-32,36,39,41,44-45,47,49,53-54,56-59,61-63,65-80H2,1-4H3,(H,93,94)(H,95,96)/b13-9-,14-10-,15-11-,25-21-,26-22-,27-23-,37-33-,38-34-,42-40-,43-35-,50-46-,52-48-,55-51-,64-60-. The monoisotopic (exact) mass is 1520 g/mol. The number of unbranched alkanes of at least 4 members (excludes halogenated alkanes) is 20. The number of carbonyl (C=O) groups is 4. The van der Waals surface area contributed by atoms with Crippen molar-refractivity contribution in [2.75, 3.05) is 39.6 Å². The minimum atomic E-state index is -5.01. The van der Waals surface area contributed by atoms with Crippen LogP contribution in [0.3, 0.4) is 0 Å². The third kappa shape index (κ3) is 76.6. The molecule has 0 aromatic carbocycles. The molecule has 17 nitrogen and oxygen atoms in total. The van der Waals surface area contributed by atoms with Crippen LogP contribution in [0.1, 0.15) is 297 Å². The summed E-state index contributed by atoms with van der Waals surface area (Å²) in [5.41, 5.74) is 0. The summed E-state index contributed by atoms with van der Waals surface area (Å²) < 4.78 is 68.5. The maximum Gasteiger partial charge on any atom is 0.472 e. The van der Waals surface area contributed by atoms with E-state index in [-0.39, 0.29) is 25.7 Å². The van der Waals surface area contributed by atoms with Crippen molar-refractivity contribution in [1.82, 2.24) is 0 Å². The number of ether oxygens (including phenoxy) is 4. The molecule has 0 radical (unpaired) electrons. The van der Waals surface area contributed by atoms with Crippen molar-refractivity contribution >= 4 is 39.5 Å². The van der Waals surface area contributed by atoms with Crippen LogP contribution in [0.5, 0.6) is 0 Å². The number of phosphoric acid groups is 2. The molecule has 106 heavy (non-hydrogen) atoms. The van der Waals surface area contributed by atoms with E-state index in [1.165, 1.54) is 64.2 Å². The molecule has 5 atom stereocenters. The number of allylic oxidation sites excluding steroid dienone is 28. The second-order valence-electron chi connectivity index (χ2n) is 26.2. The van der Waals surface area contributed by atoms with Crippen molar-refractivity contribution in [3.05, 3.63) is 170 Å². The van der Waals surface area contributed by atoms with Gasteiger partial charge in [-0.05, 0) is 141 Å². The molecule has 19 heteroatoms. The fourth-order valence-electron chi connectivity index (χ4n) is 10.2. The van der Waals surface area contributed by atoms with Gasteiger partial charge in [-0.3, -0.25) is 37.3 Å². The van der Waals surface area contributed by atoms with Gasteiger partial charge in [0.15, 0.2) is 12.2 Å². The van der Waals surface area contributed by atoms with Gasteiger partial charge in [0.25, 0.3) is 0 Å².